The molecule has 128 valence electrons. The molecule has 0 aliphatic heterocycles. The van der Waals surface area contributed by atoms with Gasteiger partial charge in [-0.05, 0) is 42.0 Å². The number of carbonyl (C=O) groups is 1. The van der Waals surface area contributed by atoms with E-state index in [0.29, 0.717) is 16.2 Å². The fraction of sp³-hybridized carbons (Fsp3) is 0.211. The molecule has 1 amide bonds. The molecule has 0 atom stereocenters. The van der Waals surface area contributed by atoms with Gasteiger partial charge in [0.15, 0.2) is 0 Å². The Kier molecular flexibility index (Phi) is 5.28. The van der Waals surface area contributed by atoms with Gasteiger partial charge in [0.25, 0.3) is 5.91 Å². The fourth-order valence-corrected chi connectivity index (χ4v) is 3.51. The van der Waals surface area contributed by atoms with Crippen molar-refractivity contribution in [3.63, 3.8) is 0 Å². The van der Waals surface area contributed by atoms with Gasteiger partial charge in [-0.3, -0.25) is 9.78 Å². The molecule has 0 radical (unpaired) electrons. The van der Waals surface area contributed by atoms with E-state index in [-0.39, 0.29) is 18.3 Å². The van der Waals surface area contributed by atoms with Crippen LogP contribution in [0.1, 0.15) is 28.4 Å². The molecular weight excluding hydrogens is 337 g/mol. The van der Waals surface area contributed by atoms with Gasteiger partial charge < -0.3 is 5.32 Å². The summed E-state index contributed by atoms with van der Waals surface area (Å²) in [4.78, 5) is 21.5. The normalized spacial score (nSPS) is 10.8. The number of pyridine rings is 2. The Morgan fingerprint density at radius 2 is 2.16 bits per heavy atom. The smallest absolute Gasteiger partial charge is 0.254 e. The number of halogens is 1. The van der Waals surface area contributed by atoms with Gasteiger partial charge in [0.2, 0.25) is 0 Å². The van der Waals surface area contributed by atoms with Crippen LogP contribution in [0.4, 0.5) is 4.39 Å². The molecule has 3 rings (SSSR count). The van der Waals surface area contributed by atoms with Gasteiger partial charge in [0, 0.05) is 18.1 Å². The van der Waals surface area contributed by atoms with Crippen LogP contribution in [-0.2, 0) is 6.54 Å². The quantitative estimate of drug-likeness (QED) is 0.700. The number of nitrogens with zero attached hydrogens (tertiary/aromatic N) is 2. The number of hydrogen-bond acceptors (Lipinski definition) is 4. The molecule has 0 unspecified atom stereocenters. The van der Waals surface area contributed by atoms with Crippen LogP contribution in [0.25, 0.3) is 10.9 Å². The Bertz CT molecular complexity index is 930. The minimum absolute atomic E-state index is 0.205. The number of carbonyl (C=O) groups excluding carboxylic acids is 1. The molecule has 2 heterocycles. The highest BCUT2D eigenvalue weighted by molar-refractivity contribution is 7.99. The zero-order valence-electron chi connectivity index (χ0n) is 14.0. The van der Waals surface area contributed by atoms with E-state index in [1.54, 1.807) is 24.5 Å². The zero-order valence-corrected chi connectivity index (χ0v) is 14.9. The minimum Gasteiger partial charge on any atom is -0.348 e. The van der Waals surface area contributed by atoms with Gasteiger partial charge in [0.1, 0.15) is 10.8 Å². The highest BCUT2D eigenvalue weighted by Gasteiger charge is 2.18. The molecule has 2 aromatic heterocycles. The molecule has 0 fully saturated rings. The summed E-state index contributed by atoms with van der Waals surface area (Å²) in [6.07, 6.45) is 3.40. The number of nitrogens with one attached hydrogen (secondary N) is 1. The number of hydrogen-bond donors (Lipinski definition) is 1. The van der Waals surface area contributed by atoms with E-state index < -0.39 is 0 Å². The molecule has 6 heteroatoms. The van der Waals surface area contributed by atoms with E-state index in [1.165, 1.54) is 23.9 Å². The van der Waals surface area contributed by atoms with Crippen LogP contribution in [0.5, 0.6) is 0 Å². The van der Waals surface area contributed by atoms with Gasteiger partial charge in [-0.2, -0.15) is 0 Å². The van der Waals surface area contributed by atoms with Crippen molar-refractivity contribution in [3.05, 3.63) is 65.2 Å². The summed E-state index contributed by atoms with van der Waals surface area (Å²) in [5.74, 6) is 0.288. The lowest BCUT2D eigenvalue weighted by Crippen LogP contribution is -2.25. The summed E-state index contributed by atoms with van der Waals surface area (Å²) in [7, 11) is 0. The Morgan fingerprint density at radius 1 is 1.32 bits per heavy atom. The average molecular weight is 355 g/mol. The first-order chi connectivity index (χ1) is 12.1. The molecule has 0 saturated carbocycles. The van der Waals surface area contributed by atoms with Crippen LogP contribution < -0.4 is 5.32 Å². The number of aryl methyl sites for hydroxylation is 1. The molecule has 0 aliphatic rings. The first kappa shape index (κ1) is 17.4. The van der Waals surface area contributed by atoms with Crippen LogP contribution in [0.15, 0.2) is 47.8 Å². The predicted molar refractivity (Wildman–Crippen MR) is 98.2 cm³/mol. The first-order valence-corrected chi connectivity index (χ1v) is 8.98. The van der Waals surface area contributed by atoms with E-state index >= 15 is 0 Å². The maximum Gasteiger partial charge on any atom is 0.254 e. The molecule has 4 nitrogen and oxygen atoms in total. The van der Waals surface area contributed by atoms with E-state index in [2.05, 4.69) is 15.3 Å². The highest BCUT2D eigenvalue weighted by atomic mass is 32.2. The van der Waals surface area contributed by atoms with Crippen molar-refractivity contribution in [1.29, 1.82) is 0 Å². The maximum absolute atomic E-state index is 13.3. The van der Waals surface area contributed by atoms with Crippen molar-refractivity contribution in [1.82, 2.24) is 15.3 Å². The van der Waals surface area contributed by atoms with Gasteiger partial charge in [0.05, 0.1) is 17.3 Å². The largest absolute Gasteiger partial charge is 0.348 e. The Morgan fingerprint density at radius 3 is 2.92 bits per heavy atom. The van der Waals surface area contributed by atoms with Crippen molar-refractivity contribution < 1.29 is 9.18 Å². The van der Waals surface area contributed by atoms with E-state index in [0.717, 1.165) is 22.2 Å². The van der Waals surface area contributed by atoms with Crippen molar-refractivity contribution in [2.24, 2.45) is 0 Å². The third-order valence-corrected chi connectivity index (χ3v) is 4.72. The van der Waals surface area contributed by atoms with Crippen molar-refractivity contribution in [2.45, 2.75) is 25.4 Å². The van der Waals surface area contributed by atoms with E-state index in [1.807, 2.05) is 19.9 Å². The lowest BCUT2D eigenvalue weighted by molar-refractivity contribution is 0.0947. The standard InChI is InChI=1S/C19H18FN3OS/c1-3-25-19-17(12(2)15-7-8-21-11-16(15)23-19)18(24)22-10-13-5-4-6-14(20)9-13/h4-9,11H,3,10H2,1-2H3,(H,22,24). The van der Waals surface area contributed by atoms with Crippen LogP contribution in [0, 0.1) is 12.7 Å². The number of amides is 1. The summed E-state index contributed by atoms with van der Waals surface area (Å²) in [6, 6.07) is 8.07. The summed E-state index contributed by atoms with van der Waals surface area (Å²) in [6.45, 7) is 4.20. The molecule has 1 N–H and O–H groups in total. The Hall–Kier alpha value is -2.47. The number of rotatable bonds is 5. The van der Waals surface area contributed by atoms with E-state index in [4.69, 9.17) is 0 Å². The molecule has 3 aromatic rings. The van der Waals surface area contributed by atoms with Crippen molar-refractivity contribution >= 4 is 28.6 Å². The maximum atomic E-state index is 13.3. The Labute approximate surface area is 149 Å². The summed E-state index contributed by atoms with van der Waals surface area (Å²) < 4.78 is 13.3. The Balaban J connectivity index is 1.94. The van der Waals surface area contributed by atoms with Crippen LogP contribution in [-0.4, -0.2) is 21.6 Å². The second-order valence-electron chi connectivity index (χ2n) is 5.56. The topological polar surface area (TPSA) is 54.9 Å². The van der Waals surface area contributed by atoms with Crippen molar-refractivity contribution in [3.8, 4) is 0 Å². The second-order valence-corrected chi connectivity index (χ2v) is 6.81. The lowest BCUT2D eigenvalue weighted by atomic mass is 10.1. The highest BCUT2D eigenvalue weighted by Crippen LogP contribution is 2.28. The number of thioether (sulfide) groups is 1. The third kappa shape index (κ3) is 3.79. The number of aromatic nitrogens is 2. The van der Waals surface area contributed by atoms with Crippen molar-refractivity contribution in [2.75, 3.05) is 5.75 Å². The average Bonchev–Trinajstić information content (AvgIpc) is 2.60. The van der Waals surface area contributed by atoms with Gasteiger partial charge in [-0.15, -0.1) is 11.8 Å². The molecule has 0 spiro atoms. The van der Waals surface area contributed by atoms with E-state index in [9.17, 15) is 9.18 Å². The summed E-state index contributed by atoms with van der Waals surface area (Å²) in [5.41, 5.74) is 2.94. The molecule has 0 saturated heterocycles. The monoisotopic (exact) mass is 355 g/mol. The second kappa shape index (κ2) is 7.61. The zero-order chi connectivity index (χ0) is 17.8. The predicted octanol–water partition coefficient (Wildman–Crippen LogP) is 4.12. The lowest BCUT2D eigenvalue weighted by Gasteiger charge is -2.14. The number of fused-ring (bicyclic) bond motifs is 1. The SMILES string of the molecule is CCSc1nc2cnccc2c(C)c1C(=O)NCc1cccc(F)c1. The molecular formula is C19H18FN3OS. The summed E-state index contributed by atoms with van der Waals surface area (Å²) in [5, 5.41) is 4.47. The molecule has 0 bridgehead atoms. The van der Waals surface area contributed by atoms with Crippen LogP contribution in [0.2, 0.25) is 0 Å². The minimum atomic E-state index is -0.315. The fourth-order valence-electron chi connectivity index (χ4n) is 2.68. The molecule has 0 aliphatic carbocycles. The summed E-state index contributed by atoms with van der Waals surface area (Å²) >= 11 is 1.52. The number of benzene rings is 1. The van der Waals surface area contributed by atoms with Gasteiger partial charge in [-0.25, -0.2) is 9.37 Å². The van der Waals surface area contributed by atoms with Gasteiger partial charge in [-0.1, -0.05) is 19.1 Å². The third-order valence-electron chi connectivity index (χ3n) is 3.87. The van der Waals surface area contributed by atoms with Crippen LogP contribution in [0.3, 0.4) is 0 Å². The molecule has 1 aromatic carbocycles. The first-order valence-electron chi connectivity index (χ1n) is 8.00. The van der Waals surface area contributed by atoms with Gasteiger partial charge >= 0.3 is 0 Å². The van der Waals surface area contributed by atoms with Crippen LogP contribution >= 0.6 is 11.8 Å². The molecule has 25 heavy (non-hydrogen) atoms.